The number of halogens is 1. The van der Waals surface area contributed by atoms with Crippen molar-refractivity contribution >= 4 is 26.8 Å². The second kappa shape index (κ2) is 5.70. The molecule has 1 saturated heterocycles. The largest absolute Gasteiger partial charge is 0.316 e. The third-order valence-electron chi connectivity index (χ3n) is 4.17. The third-order valence-corrected chi connectivity index (χ3v) is 4.66. The van der Waals surface area contributed by atoms with Gasteiger partial charge in [-0.2, -0.15) is 0 Å². The molecule has 1 fully saturated rings. The molecule has 0 amide bonds. The quantitative estimate of drug-likeness (QED) is 0.916. The SMILES string of the molecule is Cn1c(=O)c(CC2CCCNC2)cc2cc(Br)ccc21. The van der Waals surface area contributed by atoms with Crippen LogP contribution in [0.5, 0.6) is 0 Å². The molecule has 1 atom stereocenters. The summed E-state index contributed by atoms with van der Waals surface area (Å²) in [7, 11) is 1.86. The molecule has 20 heavy (non-hydrogen) atoms. The van der Waals surface area contributed by atoms with E-state index in [1.54, 1.807) is 4.57 Å². The summed E-state index contributed by atoms with van der Waals surface area (Å²) >= 11 is 3.50. The average Bonchev–Trinajstić information content (AvgIpc) is 2.45. The van der Waals surface area contributed by atoms with Crippen molar-refractivity contribution in [1.82, 2.24) is 9.88 Å². The number of hydrogen-bond acceptors (Lipinski definition) is 2. The molecule has 1 N–H and O–H groups in total. The van der Waals surface area contributed by atoms with Gasteiger partial charge in [0.1, 0.15) is 0 Å². The Morgan fingerprint density at radius 3 is 3.00 bits per heavy atom. The number of benzene rings is 1. The molecule has 3 rings (SSSR count). The number of fused-ring (bicyclic) bond motifs is 1. The fraction of sp³-hybridized carbons (Fsp3) is 0.438. The Hall–Kier alpha value is -1.13. The van der Waals surface area contributed by atoms with Gasteiger partial charge in [-0.3, -0.25) is 4.79 Å². The van der Waals surface area contributed by atoms with Crippen LogP contribution in [0.2, 0.25) is 0 Å². The van der Waals surface area contributed by atoms with Crippen molar-refractivity contribution in [2.75, 3.05) is 13.1 Å². The Morgan fingerprint density at radius 1 is 1.40 bits per heavy atom. The van der Waals surface area contributed by atoms with Crippen LogP contribution in [0.25, 0.3) is 10.9 Å². The third kappa shape index (κ3) is 2.67. The van der Waals surface area contributed by atoms with E-state index in [0.29, 0.717) is 5.92 Å². The number of aromatic nitrogens is 1. The number of hydrogen-bond donors (Lipinski definition) is 1. The van der Waals surface area contributed by atoms with Crippen LogP contribution < -0.4 is 10.9 Å². The zero-order chi connectivity index (χ0) is 14.1. The Kier molecular flexibility index (Phi) is 3.94. The van der Waals surface area contributed by atoms with Crippen LogP contribution in [0.4, 0.5) is 0 Å². The Bertz CT molecular complexity index is 687. The van der Waals surface area contributed by atoms with Gasteiger partial charge in [-0.05, 0) is 67.9 Å². The Balaban J connectivity index is 2.01. The summed E-state index contributed by atoms with van der Waals surface area (Å²) in [6, 6.07) is 8.12. The van der Waals surface area contributed by atoms with Crippen molar-refractivity contribution in [3.05, 3.63) is 44.7 Å². The number of nitrogens with one attached hydrogen (secondary N) is 1. The van der Waals surface area contributed by atoms with Gasteiger partial charge in [0.05, 0.1) is 5.52 Å². The zero-order valence-corrected chi connectivity index (χ0v) is 13.2. The lowest BCUT2D eigenvalue weighted by Gasteiger charge is -2.22. The van der Waals surface area contributed by atoms with E-state index >= 15 is 0 Å². The number of piperidine rings is 1. The van der Waals surface area contributed by atoms with Gasteiger partial charge < -0.3 is 9.88 Å². The fourth-order valence-electron chi connectivity index (χ4n) is 3.08. The standard InChI is InChI=1S/C16H19BrN2O/c1-19-15-5-4-14(17)9-12(15)8-13(16(19)20)7-11-3-2-6-18-10-11/h4-5,8-9,11,18H,2-3,6-7,10H2,1H3. The fourth-order valence-corrected chi connectivity index (χ4v) is 3.45. The lowest BCUT2D eigenvalue weighted by Crippen LogP contribution is -2.32. The Labute approximate surface area is 127 Å². The number of pyridine rings is 1. The van der Waals surface area contributed by atoms with Gasteiger partial charge in [-0.25, -0.2) is 0 Å². The maximum Gasteiger partial charge on any atom is 0.253 e. The van der Waals surface area contributed by atoms with Crippen molar-refractivity contribution < 1.29 is 0 Å². The molecule has 2 aromatic rings. The lowest BCUT2D eigenvalue weighted by atomic mass is 9.92. The minimum Gasteiger partial charge on any atom is -0.316 e. The minimum atomic E-state index is 0.144. The number of aryl methyl sites for hydroxylation is 1. The van der Waals surface area contributed by atoms with E-state index in [1.165, 1.54) is 12.8 Å². The molecule has 1 aliphatic rings. The summed E-state index contributed by atoms with van der Waals surface area (Å²) in [5, 5.41) is 4.54. The van der Waals surface area contributed by atoms with Gasteiger partial charge in [0.15, 0.2) is 0 Å². The van der Waals surface area contributed by atoms with Crippen LogP contribution in [-0.4, -0.2) is 17.7 Å². The first kappa shape index (κ1) is 13.8. The van der Waals surface area contributed by atoms with Crippen LogP contribution in [-0.2, 0) is 13.5 Å². The molecule has 4 heteroatoms. The summed E-state index contributed by atoms with van der Waals surface area (Å²) in [5.74, 6) is 0.584. The van der Waals surface area contributed by atoms with E-state index < -0.39 is 0 Å². The molecule has 1 aromatic carbocycles. The predicted molar refractivity (Wildman–Crippen MR) is 86.2 cm³/mol. The average molecular weight is 335 g/mol. The van der Waals surface area contributed by atoms with Crippen molar-refractivity contribution in [3.8, 4) is 0 Å². The second-order valence-corrected chi connectivity index (χ2v) is 6.57. The highest BCUT2D eigenvalue weighted by Crippen LogP contribution is 2.21. The molecule has 1 unspecified atom stereocenters. The topological polar surface area (TPSA) is 34.0 Å². The van der Waals surface area contributed by atoms with E-state index in [9.17, 15) is 4.79 Å². The molecule has 0 radical (unpaired) electrons. The van der Waals surface area contributed by atoms with Crippen LogP contribution >= 0.6 is 15.9 Å². The molecule has 2 heterocycles. The predicted octanol–water partition coefficient (Wildman–Crippen LogP) is 2.84. The highest BCUT2D eigenvalue weighted by Gasteiger charge is 2.16. The van der Waals surface area contributed by atoms with Gasteiger partial charge >= 0.3 is 0 Å². The van der Waals surface area contributed by atoms with Crippen LogP contribution in [0, 0.1) is 5.92 Å². The minimum absolute atomic E-state index is 0.144. The highest BCUT2D eigenvalue weighted by molar-refractivity contribution is 9.10. The van der Waals surface area contributed by atoms with Gasteiger partial charge in [0, 0.05) is 17.1 Å². The monoisotopic (exact) mass is 334 g/mol. The first-order chi connectivity index (χ1) is 9.65. The van der Waals surface area contributed by atoms with Crippen molar-refractivity contribution in [3.63, 3.8) is 0 Å². The molecule has 1 aromatic heterocycles. The molecule has 0 spiro atoms. The van der Waals surface area contributed by atoms with E-state index in [4.69, 9.17) is 0 Å². The van der Waals surface area contributed by atoms with Crippen LogP contribution in [0.15, 0.2) is 33.5 Å². The molecule has 0 bridgehead atoms. The maximum atomic E-state index is 12.5. The first-order valence-corrected chi connectivity index (χ1v) is 7.93. The van der Waals surface area contributed by atoms with Gasteiger partial charge in [0.25, 0.3) is 5.56 Å². The van der Waals surface area contributed by atoms with Crippen LogP contribution in [0.1, 0.15) is 18.4 Å². The highest BCUT2D eigenvalue weighted by atomic mass is 79.9. The van der Waals surface area contributed by atoms with Gasteiger partial charge in [-0.1, -0.05) is 15.9 Å². The summed E-state index contributed by atoms with van der Waals surface area (Å²) in [5.41, 5.74) is 2.07. The smallest absolute Gasteiger partial charge is 0.253 e. The second-order valence-electron chi connectivity index (χ2n) is 5.65. The van der Waals surface area contributed by atoms with E-state index in [2.05, 4.69) is 33.4 Å². The van der Waals surface area contributed by atoms with Crippen molar-refractivity contribution in [1.29, 1.82) is 0 Å². The summed E-state index contributed by atoms with van der Waals surface area (Å²) in [6.45, 7) is 2.14. The Morgan fingerprint density at radius 2 is 2.25 bits per heavy atom. The van der Waals surface area contributed by atoms with E-state index in [0.717, 1.165) is 40.4 Å². The zero-order valence-electron chi connectivity index (χ0n) is 11.7. The molecular weight excluding hydrogens is 316 g/mol. The maximum absolute atomic E-state index is 12.5. The molecule has 0 saturated carbocycles. The lowest BCUT2D eigenvalue weighted by molar-refractivity contribution is 0.375. The number of nitrogens with zero attached hydrogens (tertiary/aromatic N) is 1. The first-order valence-electron chi connectivity index (χ1n) is 7.14. The molecule has 3 nitrogen and oxygen atoms in total. The van der Waals surface area contributed by atoms with Gasteiger partial charge in [0.2, 0.25) is 0 Å². The molecule has 106 valence electrons. The normalized spacial score (nSPS) is 19.4. The summed E-state index contributed by atoms with van der Waals surface area (Å²) in [6.07, 6.45) is 3.30. The molecule has 1 aliphatic heterocycles. The van der Waals surface area contributed by atoms with Crippen molar-refractivity contribution in [2.24, 2.45) is 13.0 Å². The van der Waals surface area contributed by atoms with E-state index in [1.807, 2.05) is 19.2 Å². The van der Waals surface area contributed by atoms with Crippen LogP contribution in [0.3, 0.4) is 0 Å². The summed E-state index contributed by atoms with van der Waals surface area (Å²) < 4.78 is 2.82. The summed E-state index contributed by atoms with van der Waals surface area (Å²) in [4.78, 5) is 12.5. The van der Waals surface area contributed by atoms with E-state index in [-0.39, 0.29) is 5.56 Å². The number of rotatable bonds is 2. The molecular formula is C16H19BrN2O. The van der Waals surface area contributed by atoms with Gasteiger partial charge in [-0.15, -0.1) is 0 Å². The molecule has 0 aliphatic carbocycles. The van der Waals surface area contributed by atoms with Crippen molar-refractivity contribution in [2.45, 2.75) is 19.3 Å².